The van der Waals surface area contributed by atoms with Gasteiger partial charge in [-0.25, -0.2) is 8.78 Å². The third-order valence-corrected chi connectivity index (χ3v) is 2.95. The number of allylic oxidation sites excluding steroid dienone is 2. The summed E-state index contributed by atoms with van der Waals surface area (Å²) in [5, 5.41) is 7.28. The Kier molecular flexibility index (Phi) is 2.73. The summed E-state index contributed by atoms with van der Waals surface area (Å²) in [6, 6.07) is 3.84. The Morgan fingerprint density at radius 1 is 1.31 bits per heavy atom. The Morgan fingerprint density at radius 3 is 2.69 bits per heavy atom. The smallest absolute Gasteiger partial charge is 0.159 e. The molecule has 0 aromatic heterocycles. The van der Waals surface area contributed by atoms with Crippen LogP contribution >= 0.6 is 0 Å². The van der Waals surface area contributed by atoms with E-state index < -0.39 is 11.6 Å². The summed E-state index contributed by atoms with van der Waals surface area (Å²) in [4.78, 5) is 0. The van der Waals surface area contributed by atoms with Crippen molar-refractivity contribution in [3.05, 3.63) is 46.7 Å². The third kappa shape index (κ3) is 1.71. The van der Waals surface area contributed by atoms with Gasteiger partial charge in [-0.05, 0) is 36.1 Å². The molecule has 0 saturated heterocycles. The second-order valence-electron chi connectivity index (χ2n) is 3.89. The molecule has 0 aliphatic heterocycles. The molecular weight excluding hydrogens is 210 g/mol. The number of halogens is 2. The molecule has 1 unspecified atom stereocenters. The summed E-state index contributed by atoms with van der Waals surface area (Å²) in [5.74, 6) is -1.78. The topological polar surface area (TPSA) is 49.9 Å². The lowest BCUT2D eigenvalue weighted by Crippen LogP contribution is -2.03. The van der Waals surface area contributed by atoms with Crippen molar-refractivity contribution in [2.45, 2.75) is 18.8 Å². The Bertz CT molecular complexity index is 466. The normalized spacial score (nSPS) is 20.2. The van der Waals surface area contributed by atoms with Gasteiger partial charge in [0.1, 0.15) is 0 Å². The van der Waals surface area contributed by atoms with Crippen molar-refractivity contribution in [2.75, 3.05) is 0 Å². The summed E-state index contributed by atoms with van der Waals surface area (Å²) < 4.78 is 25.9. The van der Waals surface area contributed by atoms with Gasteiger partial charge < -0.3 is 11.1 Å². The molecule has 4 heteroatoms. The van der Waals surface area contributed by atoms with Crippen molar-refractivity contribution in [3.8, 4) is 0 Å². The van der Waals surface area contributed by atoms with Crippen LogP contribution in [0.5, 0.6) is 0 Å². The van der Waals surface area contributed by atoms with Gasteiger partial charge in [-0.2, -0.15) is 0 Å². The maximum atomic E-state index is 13.1. The monoisotopic (exact) mass is 222 g/mol. The molecule has 1 aromatic rings. The Morgan fingerprint density at radius 2 is 2.06 bits per heavy atom. The van der Waals surface area contributed by atoms with Crippen LogP contribution in [0.3, 0.4) is 0 Å². The van der Waals surface area contributed by atoms with Crippen molar-refractivity contribution >= 4 is 6.21 Å². The van der Waals surface area contributed by atoms with Gasteiger partial charge in [-0.1, -0.05) is 6.07 Å². The van der Waals surface area contributed by atoms with Crippen molar-refractivity contribution in [1.82, 2.24) is 0 Å². The molecule has 2 rings (SSSR count). The quantitative estimate of drug-likeness (QED) is 0.742. The Balaban J connectivity index is 2.39. The predicted molar refractivity (Wildman–Crippen MR) is 58.3 cm³/mol. The molecule has 2 nitrogen and oxygen atoms in total. The minimum Gasteiger partial charge on any atom is -0.402 e. The van der Waals surface area contributed by atoms with E-state index in [-0.39, 0.29) is 5.92 Å². The van der Waals surface area contributed by atoms with Crippen molar-refractivity contribution < 1.29 is 8.78 Å². The fourth-order valence-electron chi connectivity index (χ4n) is 2.09. The molecule has 16 heavy (non-hydrogen) atoms. The fraction of sp³-hybridized carbons (Fsp3) is 0.250. The third-order valence-electron chi connectivity index (χ3n) is 2.95. The Hall–Kier alpha value is -1.71. The summed E-state index contributed by atoms with van der Waals surface area (Å²) in [7, 11) is 0. The van der Waals surface area contributed by atoms with E-state index in [1.54, 1.807) is 6.07 Å². The van der Waals surface area contributed by atoms with Gasteiger partial charge in [0.05, 0.1) is 0 Å². The lowest BCUT2D eigenvalue weighted by molar-refractivity contribution is 0.506. The highest BCUT2D eigenvalue weighted by molar-refractivity contribution is 5.80. The molecule has 0 heterocycles. The second kappa shape index (κ2) is 4.04. The highest BCUT2D eigenvalue weighted by Crippen LogP contribution is 2.36. The molecule has 1 aliphatic carbocycles. The first kappa shape index (κ1) is 10.8. The first-order chi connectivity index (χ1) is 7.63. The SMILES string of the molecule is N=CC1=C(N)CCC1c1ccc(F)c(F)c1. The van der Waals surface area contributed by atoms with Crippen LogP contribution in [0.15, 0.2) is 29.5 Å². The first-order valence-corrected chi connectivity index (χ1v) is 5.07. The largest absolute Gasteiger partial charge is 0.402 e. The molecule has 0 spiro atoms. The summed E-state index contributed by atoms with van der Waals surface area (Å²) >= 11 is 0. The molecule has 1 aromatic carbocycles. The van der Waals surface area contributed by atoms with Gasteiger partial charge in [0.25, 0.3) is 0 Å². The molecule has 3 N–H and O–H groups in total. The average Bonchev–Trinajstić information content (AvgIpc) is 2.63. The van der Waals surface area contributed by atoms with Gasteiger partial charge in [-0.15, -0.1) is 0 Å². The van der Waals surface area contributed by atoms with Crippen molar-refractivity contribution in [1.29, 1.82) is 5.41 Å². The number of rotatable bonds is 2. The van der Waals surface area contributed by atoms with Gasteiger partial charge >= 0.3 is 0 Å². The van der Waals surface area contributed by atoms with E-state index in [0.29, 0.717) is 23.3 Å². The number of hydrogen-bond donors (Lipinski definition) is 2. The Labute approximate surface area is 92.3 Å². The minimum absolute atomic E-state index is 0.0763. The van der Waals surface area contributed by atoms with Crippen LogP contribution in [0.4, 0.5) is 8.78 Å². The summed E-state index contributed by atoms with van der Waals surface area (Å²) in [5.41, 5.74) is 7.81. The number of nitrogens with two attached hydrogens (primary N) is 1. The standard InChI is InChI=1S/C12H12F2N2/c13-10-3-1-7(5-11(10)14)8-2-4-12(16)9(8)6-15/h1,3,5-6,8,15H,2,4,16H2. The van der Waals surface area contributed by atoms with Gasteiger partial charge in [0, 0.05) is 17.8 Å². The van der Waals surface area contributed by atoms with E-state index in [1.165, 1.54) is 12.3 Å². The number of nitrogens with one attached hydrogen (secondary N) is 1. The average molecular weight is 222 g/mol. The molecule has 1 atom stereocenters. The van der Waals surface area contributed by atoms with Crippen LogP contribution < -0.4 is 5.73 Å². The van der Waals surface area contributed by atoms with E-state index in [0.717, 1.165) is 12.5 Å². The zero-order chi connectivity index (χ0) is 11.7. The van der Waals surface area contributed by atoms with E-state index in [9.17, 15) is 8.78 Å². The van der Waals surface area contributed by atoms with Crippen LogP contribution in [-0.4, -0.2) is 6.21 Å². The molecule has 84 valence electrons. The molecule has 1 aliphatic rings. The zero-order valence-corrected chi connectivity index (χ0v) is 8.63. The maximum Gasteiger partial charge on any atom is 0.159 e. The lowest BCUT2D eigenvalue weighted by atomic mass is 9.93. The van der Waals surface area contributed by atoms with Crippen LogP contribution in [0.2, 0.25) is 0 Å². The van der Waals surface area contributed by atoms with Gasteiger partial charge in [-0.3, -0.25) is 0 Å². The maximum absolute atomic E-state index is 13.1. The lowest BCUT2D eigenvalue weighted by Gasteiger charge is -2.12. The molecule has 0 fully saturated rings. The van der Waals surface area contributed by atoms with Gasteiger partial charge in [0.2, 0.25) is 0 Å². The highest BCUT2D eigenvalue weighted by Gasteiger charge is 2.24. The van der Waals surface area contributed by atoms with Crippen LogP contribution in [0.25, 0.3) is 0 Å². The van der Waals surface area contributed by atoms with E-state index in [1.807, 2.05) is 0 Å². The molecule has 0 saturated carbocycles. The van der Waals surface area contributed by atoms with Crippen molar-refractivity contribution in [2.24, 2.45) is 5.73 Å². The van der Waals surface area contributed by atoms with Crippen LogP contribution in [0.1, 0.15) is 24.3 Å². The molecule has 0 bridgehead atoms. The summed E-state index contributed by atoms with van der Waals surface area (Å²) in [6.45, 7) is 0. The van der Waals surface area contributed by atoms with Gasteiger partial charge in [0.15, 0.2) is 11.6 Å². The first-order valence-electron chi connectivity index (χ1n) is 5.07. The number of benzene rings is 1. The summed E-state index contributed by atoms with van der Waals surface area (Å²) in [6.07, 6.45) is 2.66. The fourth-order valence-corrected chi connectivity index (χ4v) is 2.09. The van der Waals surface area contributed by atoms with E-state index in [4.69, 9.17) is 11.1 Å². The van der Waals surface area contributed by atoms with Crippen LogP contribution in [0, 0.1) is 17.0 Å². The zero-order valence-electron chi connectivity index (χ0n) is 8.63. The second-order valence-corrected chi connectivity index (χ2v) is 3.89. The minimum atomic E-state index is -0.854. The molecular formula is C12H12F2N2. The van der Waals surface area contributed by atoms with Crippen molar-refractivity contribution in [3.63, 3.8) is 0 Å². The molecule has 0 amide bonds. The number of hydrogen-bond acceptors (Lipinski definition) is 2. The predicted octanol–water partition coefficient (Wildman–Crippen LogP) is 2.70. The molecule has 0 radical (unpaired) electrons. The van der Waals surface area contributed by atoms with Crippen LogP contribution in [-0.2, 0) is 0 Å². The van der Waals surface area contributed by atoms with E-state index >= 15 is 0 Å². The highest BCUT2D eigenvalue weighted by atomic mass is 19.2. The van der Waals surface area contributed by atoms with E-state index in [2.05, 4.69) is 0 Å².